The summed E-state index contributed by atoms with van der Waals surface area (Å²) in [5.74, 6) is 1.03. The molecule has 0 amide bonds. The minimum atomic E-state index is 0.327. The molecule has 1 aromatic carbocycles. The van der Waals surface area contributed by atoms with Crippen molar-refractivity contribution >= 4 is 33.5 Å². The van der Waals surface area contributed by atoms with Crippen molar-refractivity contribution in [1.29, 1.82) is 5.26 Å². The van der Waals surface area contributed by atoms with E-state index in [0.29, 0.717) is 17.3 Å². The highest BCUT2D eigenvalue weighted by atomic mass is 35.5. The van der Waals surface area contributed by atoms with Gasteiger partial charge in [0, 0.05) is 5.39 Å². The average Bonchev–Trinajstić information content (AvgIpc) is 2.81. The number of hydrogen-bond donors (Lipinski definition) is 1. The number of rotatable bonds is 1. The predicted octanol–water partition coefficient (Wildman–Crippen LogP) is 2.72. The van der Waals surface area contributed by atoms with Crippen LogP contribution in [0.1, 0.15) is 11.4 Å². The van der Waals surface area contributed by atoms with Crippen molar-refractivity contribution < 1.29 is 0 Å². The van der Waals surface area contributed by atoms with Gasteiger partial charge in [-0.25, -0.2) is 4.98 Å². The van der Waals surface area contributed by atoms with E-state index in [1.54, 1.807) is 18.3 Å². The minimum absolute atomic E-state index is 0.327. The van der Waals surface area contributed by atoms with Gasteiger partial charge in [0.2, 0.25) is 0 Å². The van der Waals surface area contributed by atoms with E-state index in [0.717, 1.165) is 21.9 Å². The summed E-state index contributed by atoms with van der Waals surface area (Å²) >= 11 is 5.74. The summed E-state index contributed by atoms with van der Waals surface area (Å²) in [7, 11) is 0. The van der Waals surface area contributed by atoms with Crippen LogP contribution in [-0.2, 0) is 5.88 Å². The molecular formula is C12H7ClN4. The maximum absolute atomic E-state index is 8.90. The summed E-state index contributed by atoms with van der Waals surface area (Å²) in [6.45, 7) is 0. The number of imidazole rings is 1. The van der Waals surface area contributed by atoms with Crippen molar-refractivity contribution in [2.75, 3.05) is 0 Å². The topological polar surface area (TPSA) is 65.4 Å². The minimum Gasteiger partial charge on any atom is -0.340 e. The third kappa shape index (κ3) is 1.52. The highest BCUT2D eigenvalue weighted by molar-refractivity contribution is 6.17. The Hall–Kier alpha value is -2.12. The first kappa shape index (κ1) is 10.1. The summed E-state index contributed by atoms with van der Waals surface area (Å²) in [6, 6.07) is 7.48. The van der Waals surface area contributed by atoms with Crippen molar-refractivity contribution in [3.63, 3.8) is 0 Å². The maximum atomic E-state index is 8.90. The van der Waals surface area contributed by atoms with Gasteiger partial charge < -0.3 is 4.98 Å². The fourth-order valence-electron chi connectivity index (χ4n) is 1.84. The molecule has 3 rings (SSSR count). The van der Waals surface area contributed by atoms with E-state index >= 15 is 0 Å². The van der Waals surface area contributed by atoms with Crippen LogP contribution in [0.5, 0.6) is 0 Å². The Balaban J connectivity index is 2.44. The number of aromatic nitrogens is 3. The maximum Gasteiger partial charge on any atom is 0.122 e. The first-order valence-corrected chi connectivity index (χ1v) is 5.58. The standard InChI is InChI=1S/C12H7ClN4/c13-4-11-16-10-6-15-9-2-1-7(5-14)3-8(9)12(10)17-11/h1-3,6H,4H2,(H,16,17). The van der Waals surface area contributed by atoms with Crippen LogP contribution in [0.2, 0.25) is 0 Å². The fourth-order valence-corrected chi connectivity index (χ4v) is 1.97. The van der Waals surface area contributed by atoms with E-state index in [-0.39, 0.29) is 0 Å². The van der Waals surface area contributed by atoms with Gasteiger partial charge in [0.1, 0.15) is 5.82 Å². The molecule has 0 bridgehead atoms. The van der Waals surface area contributed by atoms with E-state index in [2.05, 4.69) is 21.0 Å². The third-order valence-corrected chi connectivity index (χ3v) is 2.87. The Morgan fingerprint density at radius 2 is 2.29 bits per heavy atom. The quantitative estimate of drug-likeness (QED) is 0.667. The second-order valence-corrected chi connectivity index (χ2v) is 3.95. The molecule has 0 aliphatic carbocycles. The van der Waals surface area contributed by atoms with Crippen molar-refractivity contribution in [3.05, 3.63) is 35.8 Å². The zero-order chi connectivity index (χ0) is 11.8. The second-order valence-electron chi connectivity index (χ2n) is 3.68. The Morgan fingerprint density at radius 3 is 3.06 bits per heavy atom. The molecule has 82 valence electrons. The van der Waals surface area contributed by atoms with Gasteiger partial charge in [0.15, 0.2) is 0 Å². The van der Waals surface area contributed by atoms with Gasteiger partial charge in [-0.2, -0.15) is 5.26 Å². The van der Waals surface area contributed by atoms with E-state index < -0.39 is 0 Å². The number of nitriles is 1. The molecule has 0 unspecified atom stereocenters. The molecule has 2 heterocycles. The molecule has 0 radical (unpaired) electrons. The number of H-pyrrole nitrogens is 1. The monoisotopic (exact) mass is 242 g/mol. The van der Waals surface area contributed by atoms with Gasteiger partial charge in [0.05, 0.1) is 40.3 Å². The summed E-state index contributed by atoms with van der Waals surface area (Å²) < 4.78 is 0. The molecule has 4 nitrogen and oxygen atoms in total. The SMILES string of the molecule is N#Cc1ccc2ncc3[nH]c(CCl)nc3c2c1. The molecule has 5 heteroatoms. The highest BCUT2D eigenvalue weighted by Crippen LogP contribution is 2.23. The lowest BCUT2D eigenvalue weighted by atomic mass is 10.1. The van der Waals surface area contributed by atoms with Crippen molar-refractivity contribution in [3.8, 4) is 6.07 Å². The molecule has 0 aliphatic rings. The highest BCUT2D eigenvalue weighted by Gasteiger charge is 2.07. The van der Waals surface area contributed by atoms with E-state index in [1.807, 2.05) is 6.07 Å². The smallest absolute Gasteiger partial charge is 0.122 e. The number of nitrogens with one attached hydrogen (secondary N) is 1. The lowest BCUT2D eigenvalue weighted by molar-refractivity contribution is 1.13. The lowest BCUT2D eigenvalue weighted by Gasteiger charge is -1.97. The van der Waals surface area contributed by atoms with Crippen LogP contribution in [0.25, 0.3) is 21.9 Å². The van der Waals surface area contributed by atoms with Gasteiger partial charge in [-0.05, 0) is 18.2 Å². The molecule has 2 aromatic heterocycles. The van der Waals surface area contributed by atoms with Crippen LogP contribution in [0, 0.1) is 11.3 Å². The largest absolute Gasteiger partial charge is 0.340 e. The molecule has 3 aromatic rings. The van der Waals surface area contributed by atoms with Gasteiger partial charge >= 0.3 is 0 Å². The van der Waals surface area contributed by atoms with Crippen LogP contribution < -0.4 is 0 Å². The normalized spacial score (nSPS) is 10.8. The number of hydrogen-bond acceptors (Lipinski definition) is 3. The molecular weight excluding hydrogens is 236 g/mol. The molecule has 0 saturated heterocycles. The number of pyridine rings is 1. The molecule has 0 aliphatic heterocycles. The van der Waals surface area contributed by atoms with Crippen molar-refractivity contribution in [2.24, 2.45) is 0 Å². The summed E-state index contributed by atoms with van der Waals surface area (Å²) in [5.41, 5.74) is 3.07. The molecule has 0 saturated carbocycles. The third-order valence-electron chi connectivity index (χ3n) is 2.62. The van der Waals surface area contributed by atoms with Crippen LogP contribution in [0.3, 0.4) is 0 Å². The van der Waals surface area contributed by atoms with Crippen LogP contribution in [0.4, 0.5) is 0 Å². The first-order valence-electron chi connectivity index (χ1n) is 5.05. The van der Waals surface area contributed by atoms with Gasteiger partial charge in [0.25, 0.3) is 0 Å². The molecule has 1 N–H and O–H groups in total. The van der Waals surface area contributed by atoms with Gasteiger partial charge in [-0.3, -0.25) is 4.98 Å². The number of alkyl halides is 1. The van der Waals surface area contributed by atoms with Crippen LogP contribution >= 0.6 is 11.6 Å². The number of benzene rings is 1. The second kappa shape index (κ2) is 3.72. The number of nitrogens with zero attached hydrogens (tertiary/aromatic N) is 3. The Bertz CT molecular complexity index is 754. The predicted molar refractivity (Wildman–Crippen MR) is 65.7 cm³/mol. The Kier molecular flexibility index (Phi) is 2.20. The zero-order valence-corrected chi connectivity index (χ0v) is 9.49. The molecule has 0 spiro atoms. The Labute approximate surface area is 102 Å². The first-order chi connectivity index (χ1) is 8.31. The van der Waals surface area contributed by atoms with Gasteiger partial charge in [-0.15, -0.1) is 11.6 Å². The van der Waals surface area contributed by atoms with Crippen molar-refractivity contribution in [2.45, 2.75) is 5.88 Å². The average molecular weight is 243 g/mol. The van der Waals surface area contributed by atoms with Crippen LogP contribution in [0.15, 0.2) is 24.4 Å². The summed E-state index contributed by atoms with van der Waals surface area (Å²) in [5, 5.41) is 9.77. The molecule has 0 fully saturated rings. The van der Waals surface area contributed by atoms with Crippen molar-refractivity contribution in [1.82, 2.24) is 15.0 Å². The van der Waals surface area contributed by atoms with E-state index in [9.17, 15) is 0 Å². The summed E-state index contributed by atoms with van der Waals surface area (Å²) in [4.78, 5) is 11.8. The van der Waals surface area contributed by atoms with Crippen LogP contribution in [-0.4, -0.2) is 15.0 Å². The number of aromatic amines is 1. The lowest BCUT2D eigenvalue weighted by Crippen LogP contribution is -1.82. The molecule has 17 heavy (non-hydrogen) atoms. The Morgan fingerprint density at radius 1 is 1.41 bits per heavy atom. The number of halogens is 1. The van der Waals surface area contributed by atoms with E-state index in [1.165, 1.54) is 0 Å². The van der Waals surface area contributed by atoms with Gasteiger partial charge in [-0.1, -0.05) is 0 Å². The summed E-state index contributed by atoms with van der Waals surface area (Å²) in [6.07, 6.45) is 1.73. The fraction of sp³-hybridized carbons (Fsp3) is 0.0833. The molecule has 0 atom stereocenters. The zero-order valence-electron chi connectivity index (χ0n) is 8.74. The number of fused-ring (bicyclic) bond motifs is 3. The van der Waals surface area contributed by atoms with E-state index in [4.69, 9.17) is 16.9 Å².